The maximum Gasteiger partial charge on any atom is 0.306 e. The first-order valence-electron chi connectivity index (χ1n) is 29.1. The molecule has 0 aromatic carbocycles. The molecule has 0 saturated heterocycles. The van der Waals surface area contributed by atoms with E-state index < -0.39 is 6.10 Å². The first kappa shape index (κ1) is 66.3. The number of ether oxygens (including phenoxy) is 3. The fraction of sp³-hybridized carbons (Fsp3) is 0.662. The van der Waals surface area contributed by atoms with E-state index in [0.717, 1.165) is 103 Å². The molecule has 5 nitrogen and oxygen atoms in total. The van der Waals surface area contributed by atoms with E-state index in [4.69, 9.17) is 14.2 Å². The molecule has 0 aliphatic carbocycles. The number of esters is 2. The molecule has 1 atom stereocenters. The molecule has 1 unspecified atom stereocenters. The maximum atomic E-state index is 12.9. The normalized spacial score (nSPS) is 13.1. The molecule has 0 N–H and O–H groups in total. The Bertz CT molecular complexity index is 1420. The van der Waals surface area contributed by atoms with Crippen LogP contribution in [0.25, 0.3) is 0 Å². The van der Waals surface area contributed by atoms with Gasteiger partial charge >= 0.3 is 11.9 Å². The predicted molar refractivity (Wildman–Crippen MR) is 306 cm³/mol. The molecular formula is C65H108O5. The monoisotopic (exact) mass is 969 g/mol. The Hall–Kier alpha value is -3.70. The molecule has 0 aliphatic heterocycles. The molecule has 5 heteroatoms. The van der Waals surface area contributed by atoms with Gasteiger partial charge in [0, 0.05) is 19.4 Å². The number of hydrogen-bond acceptors (Lipinski definition) is 5. The Labute approximate surface area is 433 Å². The lowest BCUT2D eigenvalue weighted by atomic mass is 10.0. The summed E-state index contributed by atoms with van der Waals surface area (Å²) in [5.41, 5.74) is 0. The van der Waals surface area contributed by atoms with E-state index in [-0.39, 0.29) is 25.2 Å². The maximum absolute atomic E-state index is 12.9. The number of rotatable bonds is 52. The lowest BCUT2D eigenvalue weighted by molar-refractivity contribution is -0.162. The van der Waals surface area contributed by atoms with Crippen molar-refractivity contribution in [1.29, 1.82) is 0 Å². The molecule has 0 amide bonds. The second-order valence-electron chi connectivity index (χ2n) is 18.8. The second kappa shape index (κ2) is 59.6. The lowest BCUT2D eigenvalue weighted by Crippen LogP contribution is -2.30. The van der Waals surface area contributed by atoms with Crippen LogP contribution >= 0.6 is 0 Å². The average Bonchev–Trinajstić information content (AvgIpc) is 3.36. The third kappa shape index (κ3) is 56.9. The summed E-state index contributed by atoms with van der Waals surface area (Å²) in [7, 11) is 0. The number of unbranched alkanes of at least 4 members (excludes halogenated alkanes) is 21. The highest BCUT2D eigenvalue weighted by Crippen LogP contribution is 2.15. The van der Waals surface area contributed by atoms with Crippen molar-refractivity contribution < 1.29 is 23.8 Å². The van der Waals surface area contributed by atoms with Gasteiger partial charge in [0.25, 0.3) is 0 Å². The highest BCUT2D eigenvalue weighted by molar-refractivity contribution is 5.70. The van der Waals surface area contributed by atoms with E-state index >= 15 is 0 Å². The van der Waals surface area contributed by atoms with Crippen LogP contribution in [0.3, 0.4) is 0 Å². The van der Waals surface area contributed by atoms with Crippen molar-refractivity contribution in [3.05, 3.63) is 122 Å². The molecule has 0 aromatic heterocycles. The first-order valence-corrected chi connectivity index (χ1v) is 29.1. The van der Waals surface area contributed by atoms with Crippen LogP contribution in [0.5, 0.6) is 0 Å². The van der Waals surface area contributed by atoms with Crippen LogP contribution in [0.2, 0.25) is 0 Å². The number of hydrogen-bond donors (Lipinski definition) is 0. The highest BCUT2D eigenvalue weighted by atomic mass is 16.6. The fourth-order valence-electron chi connectivity index (χ4n) is 7.76. The fourth-order valence-corrected chi connectivity index (χ4v) is 7.76. The molecule has 0 rings (SSSR count). The van der Waals surface area contributed by atoms with Crippen molar-refractivity contribution in [2.45, 2.75) is 258 Å². The summed E-state index contributed by atoms with van der Waals surface area (Å²) in [6, 6.07) is 0. The van der Waals surface area contributed by atoms with Crippen molar-refractivity contribution in [3.8, 4) is 0 Å². The van der Waals surface area contributed by atoms with Crippen molar-refractivity contribution in [2.24, 2.45) is 0 Å². The van der Waals surface area contributed by atoms with Gasteiger partial charge in [0.15, 0.2) is 6.10 Å². The van der Waals surface area contributed by atoms with Gasteiger partial charge in [-0.15, -0.1) is 0 Å². The molecule has 0 bridgehead atoms. The minimum Gasteiger partial charge on any atom is -0.462 e. The van der Waals surface area contributed by atoms with Crippen LogP contribution in [0, 0.1) is 0 Å². The Kier molecular flexibility index (Phi) is 56.5. The zero-order chi connectivity index (χ0) is 50.6. The van der Waals surface area contributed by atoms with Gasteiger partial charge in [-0.05, 0) is 96.3 Å². The highest BCUT2D eigenvalue weighted by Gasteiger charge is 2.17. The molecule has 0 spiro atoms. The van der Waals surface area contributed by atoms with Gasteiger partial charge in [-0.2, -0.15) is 0 Å². The Morgan fingerprint density at radius 2 is 0.671 bits per heavy atom. The summed E-state index contributed by atoms with van der Waals surface area (Å²) in [5, 5.41) is 0. The van der Waals surface area contributed by atoms with Gasteiger partial charge in [0.1, 0.15) is 6.61 Å². The third-order valence-corrected chi connectivity index (χ3v) is 12.0. The van der Waals surface area contributed by atoms with Gasteiger partial charge in [-0.3, -0.25) is 9.59 Å². The molecule has 398 valence electrons. The van der Waals surface area contributed by atoms with Gasteiger partial charge in [-0.25, -0.2) is 0 Å². The Morgan fingerprint density at radius 3 is 1.09 bits per heavy atom. The van der Waals surface area contributed by atoms with Gasteiger partial charge in [0.05, 0.1) is 6.61 Å². The Morgan fingerprint density at radius 1 is 0.329 bits per heavy atom. The molecular weight excluding hydrogens is 861 g/mol. The molecule has 0 fully saturated rings. The quantitative estimate of drug-likeness (QED) is 0.0345. The minimum absolute atomic E-state index is 0.0358. The molecule has 0 aliphatic rings. The SMILES string of the molecule is CC/C=C\C/C=C\C/C=C\C/C=C\C/C=C\C/C=C\CCC(=O)OCC(COCCCCCCCCC/C=C\C/C=C\C/C=C\C/C=C\CC)OC(=O)CCCCCCCCCCCCCCCCC. The van der Waals surface area contributed by atoms with Crippen LogP contribution in [0.15, 0.2) is 122 Å². The van der Waals surface area contributed by atoms with Crippen LogP contribution in [0.4, 0.5) is 0 Å². The van der Waals surface area contributed by atoms with E-state index in [1.807, 2.05) is 6.08 Å². The molecule has 70 heavy (non-hydrogen) atoms. The van der Waals surface area contributed by atoms with Gasteiger partial charge in [0.2, 0.25) is 0 Å². The molecule has 0 radical (unpaired) electrons. The largest absolute Gasteiger partial charge is 0.462 e. The number of carbonyl (C=O) groups excluding carboxylic acids is 2. The van der Waals surface area contributed by atoms with Crippen LogP contribution in [-0.2, 0) is 23.8 Å². The summed E-state index contributed by atoms with van der Waals surface area (Å²) in [5.74, 6) is -0.499. The first-order chi connectivity index (χ1) is 34.6. The van der Waals surface area contributed by atoms with Crippen molar-refractivity contribution in [1.82, 2.24) is 0 Å². The van der Waals surface area contributed by atoms with Crippen LogP contribution in [-0.4, -0.2) is 37.9 Å². The van der Waals surface area contributed by atoms with E-state index in [0.29, 0.717) is 25.9 Å². The standard InChI is InChI=1S/C65H108O5/c1-4-7-10-13-16-19-22-25-28-30-32-34-36-39-42-45-48-51-54-57-60-68-61-63(70-65(67)59-56-53-50-47-44-41-37-27-24-21-18-15-12-9-6-3)62-69-64(66)58-55-52-49-46-43-40-38-35-33-31-29-26-23-20-17-14-11-8-5-2/h7-8,10-11,16-17,19-20,25-26,28-29,32-35,40,43,49,52,63H,4-6,9,12-15,18,21-24,27,30-31,36-39,41-42,44-48,50-51,53-62H2,1-3H3/b10-7-,11-8-,19-16-,20-17-,28-25-,29-26-,34-32-,35-33-,43-40-,52-49-. The second-order valence-corrected chi connectivity index (χ2v) is 18.8. The topological polar surface area (TPSA) is 61.8 Å². The van der Waals surface area contributed by atoms with E-state index in [1.54, 1.807) is 0 Å². The van der Waals surface area contributed by atoms with Gasteiger partial charge in [-0.1, -0.05) is 264 Å². The summed E-state index contributed by atoms with van der Waals surface area (Å²) in [4.78, 5) is 25.5. The van der Waals surface area contributed by atoms with Gasteiger partial charge < -0.3 is 14.2 Å². The molecule has 0 saturated carbocycles. The summed E-state index contributed by atoms with van der Waals surface area (Å²) in [6.45, 7) is 7.51. The van der Waals surface area contributed by atoms with Crippen LogP contribution in [0.1, 0.15) is 252 Å². The zero-order valence-electron chi connectivity index (χ0n) is 45.7. The third-order valence-electron chi connectivity index (χ3n) is 12.0. The summed E-state index contributed by atoms with van der Waals surface area (Å²) in [6.07, 6.45) is 83.7. The van der Waals surface area contributed by atoms with Crippen LogP contribution < -0.4 is 0 Å². The number of allylic oxidation sites excluding steroid dienone is 20. The lowest BCUT2D eigenvalue weighted by Gasteiger charge is -2.18. The van der Waals surface area contributed by atoms with Crippen molar-refractivity contribution >= 4 is 11.9 Å². The molecule has 0 heterocycles. The molecule has 0 aromatic rings. The van der Waals surface area contributed by atoms with E-state index in [2.05, 4.69) is 136 Å². The summed E-state index contributed by atoms with van der Waals surface area (Å²) >= 11 is 0. The summed E-state index contributed by atoms with van der Waals surface area (Å²) < 4.78 is 17.4. The van der Waals surface area contributed by atoms with E-state index in [1.165, 1.54) is 109 Å². The number of carbonyl (C=O) groups is 2. The zero-order valence-corrected chi connectivity index (χ0v) is 45.7. The Balaban J connectivity index is 4.41. The smallest absolute Gasteiger partial charge is 0.306 e. The predicted octanol–water partition coefficient (Wildman–Crippen LogP) is 20.1. The van der Waals surface area contributed by atoms with E-state index in [9.17, 15) is 9.59 Å². The van der Waals surface area contributed by atoms with Crippen molar-refractivity contribution in [3.63, 3.8) is 0 Å². The van der Waals surface area contributed by atoms with Crippen molar-refractivity contribution in [2.75, 3.05) is 19.8 Å². The minimum atomic E-state index is -0.580. The average molecular weight is 970 g/mol.